The third kappa shape index (κ3) is 2.27. The van der Waals surface area contributed by atoms with Crippen molar-refractivity contribution in [3.05, 3.63) is 47.0 Å². The Morgan fingerprint density at radius 2 is 2.21 bits per heavy atom. The van der Waals surface area contributed by atoms with Crippen molar-refractivity contribution in [2.75, 3.05) is 0 Å². The lowest BCUT2D eigenvalue weighted by Crippen LogP contribution is -1.94. The lowest BCUT2D eigenvalue weighted by molar-refractivity contribution is 0.758. The van der Waals surface area contributed by atoms with Crippen molar-refractivity contribution in [2.24, 2.45) is 7.05 Å². The van der Waals surface area contributed by atoms with Gasteiger partial charge in [0.15, 0.2) is 0 Å². The van der Waals surface area contributed by atoms with Crippen LogP contribution in [0.15, 0.2) is 24.7 Å². The van der Waals surface area contributed by atoms with E-state index in [2.05, 4.69) is 16.2 Å². The lowest BCUT2D eigenvalue weighted by Gasteiger charge is -2.00. The Morgan fingerprint density at radius 1 is 1.37 bits per heavy atom. The summed E-state index contributed by atoms with van der Waals surface area (Å²) in [7, 11) is 1.95. The Balaban J connectivity index is 1.95. The molecule has 0 aromatic carbocycles. The number of aryl methyl sites for hydroxylation is 1. The van der Waals surface area contributed by atoms with Gasteiger partial charge in [-0.25, -0.2) is 0 Å². The molecule has 0 atom stereocenters. The van der Waals surface area contributed by atoms with E-state index in [0.29, 0.717) is 11.5 Å². The highest BCUT2D eigenvalue weighted by Crippen LogP contribution is 2.41. The van der Waals surface area contributed by atoms with Gasteiger partial charge in [-0.2, -0.15) is 10.4 Å². The molecule has 3 rings (SSSR count). The van der Waals surface area contributed by atoms with Crippen molar-refractivity contribution in [1.82, 2.24) is 14.8 Å². The SMILES string of the molecule is Cn1ncc(C2CC2)c1/C=C/c1ccncc1C#N. The molecule has 0 unspecified atom stereocenters. The highest BCUT2D eigenvalue weighted by Gasteiger charge is 2.27. The van der Waals surface area contributed by atoms with Gasteiger partial charge in [-0.3, -0.25) is 9.67 Å². The van der Waals surface area contributed by atoms with E-state index >= 15 is 0 Å². The minimum absolute atomic E-state index is 0.592. The number of hydrogen-bond acceptors (Lipinski definition) is 3. The fourth-order valence-electron chi connectivity index (χ4n) is 2.19. The van der Waals surface area contributed by atoms with E-state index in [1.165, 1.54) is 18.4 Å². The molecule has 2 aromatic rings. The van der Waals surface area contributed by atoms with Crippen LogP contribution in [0.5, 0.6) is 0 Å². The van der Waals surface area contributed by atoms with Gasteiger partial charge in [0.25, 0.3) is 0 Å². The average molecular weight is 250 g/mol. The van der Waals surface area contributed by atoms with E-state index in [9.17, 15) is 0 Å². The molecule has 0 saturated heterocycles. The predicted octanol–water partition coefficient (Wildman–Crippen LogP) is 2.73. The summed E-state index contributed by atoms with van der Waals surface area (Å²) in [5.41, 5.74) is 3.92. The van der Waals surface area contributed by atoms with Crippen molar-refractivity contribution in [3.8, 4) is 6.07 Å². The Kier molecular flexibility index (Phi) is 2.88. The summed E-state index contributed by atoms with van der Waals surface area (Å²) in [5.74, 6) is 0.668. The Labute approximate surface area is 112 Å². The Hall–Kier alpha value is -2.41. The van der Waals surface area contributed by atoms with Crippen LogP contribution in [0.25, 0.3) is 12.2 Å². The largest absolute Gasteiger partial charge is 0.268 e. The van der Waals surface area contributed by atoms with E-state index in [1.54, 1.807) is 12.4 Å². The summed E-state index contributed by atoms with van der Waals surface area (Å²) in [6, 6.07) is 4.00. The molecule has 0 radical (unpaired) electrons. The zero-order valence-electron chi connectivity index (χ0n) is 10.7. The summed E-state index contributed by atoms with van der Waals surface area (Å²) in [4.78, 5) is 3.96. The molecule has 4 heteroatoms. The minimum Gasteiger partial charge on any atom is -0.268 e. The molecular weight excluding hydrogens is 236 g/mol. The van der Waals surface area contributed by atoms with E-state index in [1.807, 2.05) is 36.1 Å². The first-order valence-corrected chi connectivity index (χ1v) is 6.33. The number of nitriles is 1. The first-order chi connectivity index (χ1) is 9.29. The fraction of sp³-hybridized carbons (Fsp3) is 0.267. The first-order valence-electron chi connectivity index (χ1n) is 6.33. The Bertz CT molecular complexity index is 672. The van der Waals surface area contributed by atoms with Crippen molar-refractivity contribution in [3.63, 3.8) is 0 Å². The molecule has 0 N–H and O–H groups in total. The maximum absolute atomic E-state index is 9.04. The average Bonchev–Trinajstić information content (AvgIpc) is 3.21. The third-order valence-electron chi connectivity index (χ3n) is 3.43. The number of pyridine rings is 1. The van der Waals surface area contributed by atoms with Crippen molar-refractivity contribution in [2.45, 2.75) is 18.8 Å². The second-order valence-electron chi connectivity index (χ2n) is 4.79. The highest BCUT2D eigenvalue weighted by atomic mass is 15.3. The van der Waals surface area contributed by atoms with Gasteiger partial charge in [-0.1, -0.05) is 6.08 Å². The molecule has 1 saturated carbocycles. The lowest BCUT2D eigenvalue weighted by atomic mass is 10.1. The van der Waals surface area contributed by atoms with Gasteiger partial charge >= 0.3 is 0 Å². The maximum atomic E-state index is 9.04. The fourth-order valence-corrected chi connectivity index (χ4v) is 2.19. The van der Waals surface area contributed by atoms with E-state index in [4.69, 9.17) is 5.26 Å². The van der Waals surface area contributed by atoms with Crippen molar-refractivity contribution < 1.29 is 0 Å². The van der Waals surface area contributed by atoms with E-state index in [-0.39, 0.29) is 0 Å². The molecular formula is C15H14N4. The predicted molar refractivity (Wildman–Crippen MR) is 73.1 cm³/mol. The maximum Gasteiger partial charge on any atom is 0.101 e. The second kappa shape index (κ2) is 4.69. The normalized spacial score (nSPS) is 14.7. The topological polar surface area (TPSA) is 54.5 Å². The zero-order valence-corrected chi connectivity index (χ0v) is 10.7. The van der Waals surface area contributed by atoms with Crippen molar-refractivity contribution >= 4 is 12.2 Å². The molecule has 2 aromatic heterocycles. The van der Waals surface area contributed by atoms with Gasteiger partial charge in [0.05, 0.1) is 17.5 Å². The van der Waals surface area contributed by atoms with Crippen LogP contribution in [0.2, 0.25) is 0 Å². The molecule has 1 aliphatic rings. The number of aromatic nitrogens is 3. The van der Waals surface area contributed by atoms with Crippen LogP contribution in [0.1, 0.15) is 41.1 Å². The summed E-state index contributed by atoms with van der Waals surface area (Å²) >= 11 is 0. The van der Waals surface area contributed by atoms with Gasteiger partial charge in [-0.15, -0.1) is 0 Å². The monoisotopic (exact) mass is 250 g/mol. The summed E-state index contributed by atoms with van der Waals surface area (Å²) in [5, 5.41) is 13.4. The molecule has 0 aliphatic heterocycles. The van der Waals surface area contributed by atoms with Crippen LogP contribution >= 0.6 is 0 Å². The minimum atomic E-state index is 0.592. The van der Waals surface area contributed by atoms with Gasteiger partial charge in [0.1, 0.15) is 6.07 Å². The zero-order chi connectivity index (χ0) is 13.2. The molecule has 19 heavy (non-hydrogen) atoms. The second-order valence-corrected chi connectivity index (χ2v) is 4.79. The standard InChI is InChI=1S/C15H14N4/c1-19-15(14(10-18-19)12-2-3-12)5-4-11-6-7-17-9-13(11)8-16/h4-7,9-10,12H,2-3H2,1H3/b5-4+. The molecule has 2 heterocycles. The third-order valence-corrected chi connectivity index (χ3v) is 3.43. The molecule has 0 bridgehead atoms. The van der Waals surface area contributed by atoms with Crippen LogP contribution in [-0.4, -0.2) is 14.8 Å². The molecule has 0 amide bonds. The smallest absolute Gasteiger partial charge is 0.101 e. The van der Waals surface area contributed by atoms with Gasteiger partial charge in [0.2, 0.25) is 0 Å². The quantitative estimate of drug-likeness (QED) is 0.841. The molecule has 1 aliphatic carbocycles. The molecule has 1 fully saturated rings. The van der Waals surface area contributed by atoms with Gasteiger partial charge in [0, 0.05) is 25.0 Å². The molecule has 94 valence electrons. The van der Waals surface area contributed by atoms with Crippen LogP contribution in [-0.2, 0) is 7.05 Å². The van der Waals surface area contributed by atoms with Crippen molar-refractivity contribution in [1.29, 1.82) is 5.26 Å². The van der Waals surface area contributed by atoms with Gasteiger partial charge < -0.3 is 0 Å². The first kappa shape index (κ1) is 11.7. The van der Waals surface area contributed by atoms with E-state index < -0.39 is 0 Å². The van der Waals surface area contributed by atoms with Crippen LogP contribution in [0.4, 0.5) is 0 Å². The molecule has 0 spiro atoms. The highest BCUT2D eigenvalue weighted by molar-refractivity contribution is 5.72. The summed E-state index contributed by atoms with van der Waals surface area (Å²) < 4.78 is 1.89. The van der Waals surface area contributed by atoms with Crippen LogP contribution < -0.4 is 0 Å². The van der Waals surface area contributed by atoms with Gasteiger partial charge in [-0.05, 0) is 36.5 Å². The van der Waals surface area contributed by atoms with Crippen LogP contribution in [0.3, 0.4) is 0 Å². The van der Waals surface area contributed by atoms with E-state index in [0.717, 1.165) is 11.3 Å². The number of nitrogens with zero attached hydrogens (tertiary/aromatic N) is 4. The number of hydrogen-bond donors (Lipinski definition) is 0. The molecule has 4 nitrogen and oxygen atoms in total. The Morgan fingerprint density at radius 3 is 2.95 bits per heavy atom. The summed E-state index contributed by atoms with van der Waals surface area (Å²) in [6.07, 6.45) is 11.8. The van der Waals surface area contributed by atoms with Crippen LogP contribution in [0, 0.1) is 11.3 Å². The summed E-state index contributed by atoms with van der Waals surface area (Å²) in [6.45, 7) is 0. The number of rotatable bonds is 3.